The maximum Gasteiger partial charge on any atom is 0.328 e. The van der Waals surface area contributed by atoms with E-state index in [0.29, 0.717) is 0 Å². The molecule has 0 saturated carbocycles. The van der Waals surface area contributed by atoms with E-state index in [1.807, 2.05) is 0 Å². The quantitative estimate of drug-likeness (QED) is 0.523. The summed E-state index contributed by atoms with van der Waals surface area (Å²) in [5.74, 6) is -1.31. The van der Waals surface area contributed by atoms with E-state index in [1.54, 1.807) is 6.92 Å². The summed E-state index contributed by atoms with van der Waals surface area (Å²) in [4.78, 5) is 33.5. The van der Waals surface area contributed by atoms with Gasteiger partial charge in [0.15, 0.2) is 0 Å². The van der Waals surface area contributed by atoms with Crippen molar-refractivity contribution in [1.29, 1.82) is 0 Å². The number of esters is 1. The first-order chi connectivity index (χ1) is 7.42. The van der Waals surface area contributed by atoms with Crippen molar-refractivity contribution in [3.63, 3.8) is 0 Å². The van der Waals surface area contributed by atoms with Gasteiger partial charge in [0.05, 0.1) is 13.0 Å². The summed E-state index contributed by atoms with van der Waals surface area (Å²) in [6.45, 7) is 4.60. The van der Waals surface area contributed by atoms with Gasteiger partial charge in [-0.25, -0.2) is 4.79 Å². The predicted molar refractivity (Wildman–Crippen MR) is 57.2 cm³/mol. The Balaban J connectivity index is 0. The second-order valence-corrected chi connectivity index (χ2v) is 3.27. The number of methoxy groups -OCH3 is 1. The van der Waals surface area contributed by atoms with Crippen LogP contribution in [-0.2, 0) is 51.8 Å². The third kappa shape index (κ3) is 7.33. The molecule has 95 valence electrons. The van der Waals surface area contributed by atoms with Crippen LogP contribution in [-0.4, -0.2) is 37.0 Å². The van der Waals surface area contributed by atoms with Gasteiger partial charge < -0.3 is 26.6 Å². The zero-order valence-corrected chi connectivity index (χ0v) is 13.3. The van der Waals surface area contributed by atoms with E-state index >= 15 is 0 Å². The predicted octanol–water partition coefficient (Wildman–Crippen LogP) is -0.610. The number of hydrogen-bond acceptors (Lipinski definition) is 4. The van der Waals surface area contributed by atoms with Gasteiger partial charge in [-0.1, -0.05) is 0 Å². The van der Waals surface area contributed by atoms with Crippen molar-refractivity contribution in [3.05, 3.63) is 6.42 Å². The first-order valence-corrected chi connectivity index (χ1v) is 4.90. The molecule has 7 heteroatoms. The maximum atomic E-state index is 11.5. The second-order valence-electron chi connectivity index (χ2n) is 3.27. The molecule has 2 atom stereocenters. The van der Waals surface area contributed by atoms with Gasteiger partial charge in [-0.3, -0.25) is 4.79 Å². The number of amides is 2. The molecule has 2 N–H and O–H groups in total. The van der Waals surface area contributed by atoms with Crippen LogP contribution in [0.1, 0.15) is 20.8 Å². The molecule has 0 heterocycles. The van der Waals surface area contributed by atoms with Crippen molar-refractivity contribution in [1.82, 2.24) is 10.6 Å². The van der Waals surface area contributed by atoms with Gasteiger partial charge in [0.1, 0.15) is 12.1 Å². The Morgan fingerprint density at radius 1 is 1.12 bits per heavy atom. The molecular formula is C10H17N2O4Y-. The van der Waals surface area contributed by atoms with Crippen molar-refractivity contribution in [3.8, 4) is 0 Å². The van der Waals surface area contributed by atoms with Crippen molar-refractivity contribution in [2.75, 3.05) is 7.11 Å². The summed E-state index contributed by atoms with van der Waals surface area (Å²) < 4.78 is 4.45. The Bertz CT molecular complexity index is 283. The summed E-state index contributed by atoms with van der Waals surface area (Å²) in [5, 5.41) is 4.85. The molecule has 0 saturated heterocycles. The van der Waals surface area contributed by atoms with Crippen LogP contribution in [0.25, 0.3) is 0 Å². The van der Waals surface area contributed by atoms with Crippen molar-refractivity contribution >= 4 is 17.8 Å². The van der Waals surface area contributed by atoms with E-state index < -0.39 is 24.0 Å². The van der Waals surface area contributed by atoms with Gasteiger partial charge >= 0.3 is 5.97 Å². The molecule has 17 heavy (non-hydrogen) atoms. The summed E-state index contributed by atoms with van der Waals surface area (Å²) in [5.41, 5.74) is 0. The van der Waals surface area contributed by atoms with Crippen LogP contribution in [0.3, 0.4) is 0 Å². The summed E-state index contributed by atoms with van der Waals surface area (Å²) in [6, 6.07) is -1.43. The fourth-order valence-corrected chi connectivity index (χ4v) is 0.936. The van der Waals surface area contributed by atoms with Gasteiger partial charge in [-0.05, 0) is 13.8 Å². The molecule has 6 nitrogen and oxygen atoms in total. The summed E-state index contributed by atoms with van der Waals surface area (Å²) in [7, 11) is 1.24. The van der Waals surface area contributed by atoms with Gasteiger partial charge in [-0.2, -0.15) is 6.92 Å². The average Bonchev–Trinajstić information content (AvgIpc) is 2.27. The molecule has 2 unspecified atom stereocenters. The molecule has 0 aliphatic heterocycles. The third-order valence-corrected chi connectivity index (χ3v) is 1.93. The Hall–Kier alpha value is -0.616. The largest absolute Gasteiger partial charge is 0.467 e. The first-order valence-electron chi connectivity index (χ1n) is 4.90. The SMILES string of the molecule is C[CH-]C(=O)NC(C)C(=O)NC(C)C(=O)OC.[Y]. The van der Waals surface area contributed by atoms with Crippen LogP contribution in [0.4, 0.5) is 0 Å². The Labute approximate surface area is 126 Å². The Morgan fingerprint density at radius 3 is 2.06 bits per heavy atom. The van der Waals surface area contributed by atoms with Crippen LogP contribution >= 0.6 is 0 Å². The van der Waals surface area contributed by atoms with Crippen LogP contribution in [0.5, 0.6) is 0 Å². The standard InChI is InChI=1S/C10H17N2O4.Y/c1-5-8(13)11-6(2)9(14)12-7(3)10(15)16-4;/h5-7H,1-4H3,(H,11,13)(H,12,14);/q-1;. The van der Waals surface area contributed by atoms with Gasteiger partial charge in [-0.15, -0.1) is 0 Å². The van der Waals surface area contributed by atoms with Crippen LogP contribution in [0.15, 0.2) is 0 Å². The third-order valence-electron chi connectivity index (χ3n) is 1.93. The molecule has 0 bridgehead atoms. The molecule has 0 aliphatic carbocycles. The molecule has 0 aromatic heterocycles. The minimum Gasteiger partial charge on any atom is -0.467 e. The van der Waals surface area contributed by atoms with Crippen molar-refractivity contribution < 1.29 is 51.8 Å². The van der Waals surface area contributed by atoms with E-state index in [2.05, 4.69) is 15.4 Å². The molecule has 1 radical (unpaired) electrons. The number of ether oxygens (including phenoxy) is 1. The zero-order chi connectivity index (χ0) is 12.7. The van der Waals surface area contributed by atoms with Crippen LogP contribution < -0.4 is 10.6 Å². The molecule has 0 aliphatic rings. The van der Waals surface area contributed by atoms with E-state index in [1.165, 1.54) is 27.4 Å². The first kappa shape index (κ1) is 18.7. The van der Waals surface area contributed by atoms with Gasteiger partial charge in [0.25, 0.3) is 0 Å². The summed E-state index contributed by atoms with van der Waals surface area (Å²) >= 11 is 0. The monoisotopic (exact) mass is 318 g/mol. The van der Waals surface area contributed by atoms with Crippen molar-refractivity contribution in [2.24, 2.45) is 0 Å². The molecule has 2 amide bonds. The average molecular weight is 318 g/mol. The Morgan fingerprint density at radius 2 is 1.65 bits per heavy atom. The van der Waals surface area contributed by atoms with E-state index in [9.17, 15) is 14.4 Å². The molecule has 0 aromatic rings. The van der Waals surface area contributed by atoms with Gasteiger partial charge in [0.2, 0.25) is 5.91 Å². The summed E-state index contributed by atoms with van der Waals surface area (Å²) in [6.07, 6.45) is 1.31. The minimum atomic E-state index is -0.734. The van der Waals surface area contributed by atoms with Crippen LogP contribution in [0.2, 0.25) is 0 Å². The van der Waals surface area contributed by atoms with Crippen molar-refractivity contribution in [2.45, 2.75) is 32.9 Å². The molecule has 0 spiro atoms. The van der Waals surface area contributed by atoms with E-state index in [0.717, 1.165) is 0 Å². The zero-order valence-electron chi connectivity index (χ0n) is 10.4. The number of nitrogens with one attached hydrogen (secondary N) is 2. The smallest absolute Gasteiger partial charge is 0.328 e. The molecule has 0 fully saturated rings. The number of rotatable bonds is 5. The van der Waals surface area contributed by atoms with E-state index in [4.69, 9.17) is 0 Å². The molecular weight excluding hydrogens is 301 g/mol. The minimum absolute atomic E-state index is 0. The fourth-order valence-electron chi connectivity index (χ4n) is 0.936. The van der Waals surface area contributed by atoms with Gasteiger partial charge in [0, 0.05) is 32.7 Å². The van der Waals surface area contributed by atoms with Crippen LogP contribution in [0, 0.1) is 6.42 Å². The number of hydrogen-bond donors (Lipinski definition) is 2. The fraction of sp³-hybridized carbons (Fsp3) is 0.600. The number of carbonyl (C=O) groups is 3. The molecule has 0 aromatic carbocycles. The molecule has 0 rings (SSSR count). The van der Waals surface area contributed by atoms with E-state index in [-0.39, 0.29) is 38.6 Å². The normalized spacial score (nSPS) is 12.5. The maximum absolute atomic E-state index is 11.5. The second kappa shape index (κ2) is 9.42. The number of carbonyl (C=O) groups excluding carboxylic acids is 3. The Kier molecular flexibility index (Phi) is 10.4. The topological polar surface area (TPSA) is 84.5 Å².